The Bertz CT molecular complexity index is 916. The monoisotopic (exact) mass is 443 g/mol. The highest BCUT2D eigenvalue weighted by atomic mass is 31.1. The Morgan fingerprint density at radius 2 is 1.71 bits per heavy atom. The highest BCUT2D eigenvalue weighted by molar-refractivity contribution is 7.32. The molecule has 0 aliphatic heterocycles. The molecule has 2 aromatic carbocycles. The fourth-order valence-corrected chi connectivity index (χ4v) is 3.58. The van der Waals surface area contributed by atoms with Gasteiger partial charge in [-0.25, -0.2) is 0 Å². The molecule has 0 fully saturated rings. The molecule has 2 N–H and O–H groups in total. The molecule has 31 heavy (non-hydrogen) atoms. The lowest BCUT2D eigenvalue weighted by Crippen LogP contribution is -2.15. The van der Waals surface area contributed by atoms with Crippen molar-refractivity contribution in [3.8, 4) is 11.4 Å². The highest BCUT2D eigenvalue weighted by Gasteiger charge is 2.08. The standard InChI is InChI=1S/C23H30N3O4P/c27-31(28)29-17-7-16-24-18-20-12-14-21(15-13-20)23-25-22(30-26-23)11-6-2-5-10-19-8-3-1-4-9-19/h1,3-4,8-9,12-15,24,31H,2,5-7,10-11,16-18H2,(H,27,28). The third kappa shape index (κ3) is 8.75. The summed E-state index contributed by atoms with van der Waals surface area (Å²) in [5.41, 5.74) is 3.46. The summed E-state index contributed by atoms with van der Waals surface area (Å²) in [6, 6.07) is 18.6. The summed E-state index contributed by atoms with van der Waals surface area (Å²) in [6.45, 7) is 1.72. The Balaban J connectivity index is 1.34. The zero-order valence-corrected chi connectivity index (χ0v) is 18.6. The minimum absolute atomic E-state index is 0.285. The van der Waals surface area contributed by atoms with Crippen molar-refractivity contribution in [3.63, 3.8) is 0 Å². The van der Waals surface area contributed by atoms with E-state index in [1.54, 1.807) is 0 Å². The van der Waals surface area contributed by atoms with E-state index in [-0.39, 0.29) is 6.61 Å². The van der Waals surface area contributed by atoms with Gasteiger partial charge >= 0.3 is 8.25 Å². The fraction of sp³-hybridized carbons (Fsp3) is 0.391. The summed E-state index contributed by atoms with van der Waals surface area (Å²) in [5.74, 6) is 1.31. The normalized spacial score (nSPS) is 12.2. The van der Waals surface area contributed by atoms with Gasteiger partial charge in [0, 0.05) is 18.5 Å². The first-order valence-corrected chi connectivity index (χ1v) is 12.0. The lowest BCUT2D eigenvalue weighted by molar-refractivity contribution is 0.276. The van der Waals surface area contributed by atoms with Crippen LogP contribution in [0.2, 0.25) is 0 Å². The fourth-order valence-electron chi connectivity index (χ4n) is 3.26. The van der Waals surface area contributed by atoms with E-state index in [2.05, 4.69) is 44.2 Å². The average Bonchev–Trinajstić information content (AvgIpc) is 3.26. The van der Waals surface area contributed by atoms with Crippen molar-refractivity contribution in [2.45, 2.75) is 45.1 Å². The topological polar surface area (TPSA) is 97.5 Å². The molecule has 1 atom stereocenters. The molecule has 0 bridgehead atoms. The number of hydrogen-bond donors (Lipinski definition) is 2. The van der Waals surface area contributed by atoms with Gasteiger partial charge in [-0.1, -0.05) is 66.2 Å². The van der Waals surface area contributed by atoms with Gasteiger partial charge in [0.15, 0.2) is 0 Å². The van der Waals surface area contributed by atoms with Crippen LogP contribution in [0.1, 0.15) is 42.7 Å². The van der Waals surface area contributed by atoms with Gasteiger partial charge in [0.1, 0.15) is 0 Å². The number of aromatic nitrogens is 2. The summed E-state index contributed by atoms with van der Waals surface area (Å²) < 4.78 is 20.5. The Labute approximate surface area is 183 Å². The lowest BCUT2D eigenvalue weighted by atomic mass is 10.1. The molecule has 0 saturated heterocycles. The van der Waals surface area contributed by atoms with Crippen LogP contribution in [-0.2, 0) is 28.5 Å². The molecule has 1 unspecified atom stereocenters. The van der Waals surface area contributed by atoms with Crippen LogP contribution in [0.15, 0.2) is 59.1 Å². The molecule has 0 saturated carbocycles. The second-order valence-corrected chi connectivity index (χ2v) is 8.22. The second-order valence-electron chi connectivity index (χ2n) is 7.40. The van der Waals surface area contributed by atoms with Crippen LogP contribution in [0, 0.1) is 0 Å². The summed E-state index contributed by atoms with van der Waals surface area (Å²) in [5, 5.41) is 7.39. The van der Waals surface area contributed by atoms with Gasteiger partial charge in [0.25, 0.3) is 0 Å². The van der Waals surface area contributed by atoms with Crippen molar-refractivity contribution in [2.24, 2.45) is 0 Å². The van der Waals surface area contributed by atoms with E-state index < -0.39 is 8.25 Å². The second kappa shape index (κ2) is 13.2. The summed E-state index contributed by atoms with van der Waals surface area (Å²) in [4.78, 5) is 13.1. The zero-order chi connectivity index (χ0) is 21.7. The van der Waals surface area contributed by atoms with E-state index in [0.717, 1.165) is 56.3 Å². The van der Waals surface area contributed by atoms with E-state index in [1.807, 2.05) is 30.3 Å². The van der Waals surface area contributed by atoms with E-state index in [4.69, 9.17) is 9.42 Å². The molecule has 0 aliphatic rings. The molecule has 7 nitrogen and oxygen atoms in total. The van der Waals surface area contributed by atoms with Gasteiger partial charge in [-0.15, -0.1) is 0 Å². The third-order valence-corrected chi connectivity index (χ3v) is 5.38. The predicted octanol–water partition coefficient (Wildman–Crippen LogP) is 4.57. The number of unbranched alkanes of at least 4 members (excludes halogenated alkanes) is 2. The smallest absolute Gasteiger partial charge is 0.316 e. The van der Waals surface area contributed by atoms with E-state index >= 15 is 0 Å². The highest BCUT2D eigenvalue weighted by Crippen LogP contribution is 2.18. The first-order chi connectivity index (χ1) is 15.2. The average molecular weight is 443 g/mol. The van der Waals surface area contributed by atoms with Crippen molar-refractivity contribution in [1.82, 2.24) is 15.5 Å². The first kappa shape index (κ1) is 23.4. The molecular formula is C23H30N3O4P. The quantitative estimate of drug-likeness (QED) is 0.278. The Hall–Kier alpha value is -2.31. The Morgan fingerprint density at radius 3 is 2.48 bits per heavy atom. The predicted molar refractivity (Wildman–Crippen MR) is 121 cm³/mol. The largest absolute Gasteiger partial charge is 0.339 e. The van der Waals surface area contributed by atoms with Crippen LogP contribution in [0.4, 0.5) is 0 Å². The summed E-state index contributed by atoms with van der Waals surface area (Å²) >= 11 is 0. The van der Waals surface area contributed by atoms with Gasteiger partial charge in [-0.2, -0.15) is 4.98 Å². The van der Waals surface area contributed by atoms with Crippen LogP contribution in [0.5, 0.6) is 0 Å². The SMILES string of the molecule is O=[PH](O)OCCCNCc1ccc(-c2noc(CCCCCc3ccccc3)n2)cc1. The van der Waals surface area contributed by atoms with Crippen LogP contribution >= 0.6 is 8.25 Å². The molecule has 166 valence electrons. The summed E-state index contributed by atoms with van der Waals surface area (Å²) in [7, 11) is -2.82. The molecule has 0 spiro atoms. The van der Waals surface area contributed by atoms with Gasteiger partial charge in [0.2, 0.25) is 11.7 Å². The Kier molecular flexibility index (Phi) is 9.93. The molecule has 3 rings (SSSR count). The van der Waals surface area contributed by atoms with Gasteiger partial charge in [0.05, 0.1) is 6.61 Å². The number of hydrogen-bond acceptors (Lipinski definition) is 6. The molecule has 0 radical (unpaired) electrons. The van der Waals surface area contributed by atoms with Crippen molar-refractivity contribution in [1.29, 1.82) is 0 Å². The maximum Gasteiger partial charge on any atom is 0.316 e. The van der Waals surface area contributed by atoms with E-state index in [0.29, 0.717) is 18.1 Å². The minimum atomic E-state index is -2.82. The molecule has 1 aromatic heterocycles. The van der Waals surface area contributed by atoms with E-state index in [1.165, 1.54) is 5.56 Å². The third-order valence-electron chi connectivity index (χ3n) is 4.93. The van der Waals surface area contributed by atoms with Crippen molar-refractivity contribution in [3.05, 3.63) is 71.6 Å². The zero-order valence-electron chi connectivity index (χ0n) is 17.6. The lowest BCUT2D eigenvalue weighted by Gasteiger charge is -2.05. The van der Waals surface area contributed by atoms with Gasteiger partial charge in [-0.05, 0) is 43.4 Å². The van der Waals surface area contributed by atoms with Crippen LogP contribution < -0.4 is 5.32 Å². The minimum Gasteiger partial charge on any atom is -0.339 e. The van der Waals surface area contributed by atoms with E-state index in [9.17, 15) is 4.57 Å². The molecule has 8 heteroatoms. The Morgan fingerprint density at radius 1 is 0.935 bits per heavy atom. The van der Waals surface area contributed by atoms with Crippen molar-refractivity contribution >= 4 is 8.25 Å². The molecule has 0 amide bonds. The van der Waals surface area contributed by atoms with Crippen LogP contribution in [-0.4, -0.2) is 28.2 Å². The molecule has 1 heterocycles. The van der Waals surface area contributed by atoms with Crippen LogP contribution in [0.3, 0.4) is 0 Å². The van der Waals surface area contributed by atoms with Gasteiger partial charge in [-0.3, -0.25) is 4.57 Å². The number of nitrogens with zero attached hydrogens (tertiary/aromatic N) is 2. The van der Waals surface area contributed by atoms with Gasteiger partial charge < -0.3 is 19.3 Å². The molecule has 3 aromatic rings. The number of nitrogens with one attached hydrogen (secondary N) is 1. The first-order valence-electron chi connectivity index (χ1n) is 10.7. The number of aryl methyl sites for hydroxylation is 2. The maximum absolute atomic E-state index is 10.5. The van der Waals surface area contributed by atoms with Crippen molar-refractivity contribution in [2.75, 3.05) is 13.2 Å². The molecular weight excluding hydrogens is 413 g/mol. The number of rotatable bonds is 14. The molecule has 0 aliphatic carbocycles. The number of benzene rings is 2. The van der Waals surface area contributed by atoms with Crippen molar-refractivity contribution < 1.29 is 18.5 Å². The maximum atomic E-state index is 10.5. The van der Waals surface area contributed by atoms with Crippen LogP contribution in [0.25, 0.3) is 11.4 Å². The summed E-state index contributed by atoms with van der Waals surface area (Å²) in [6.07, 6.45) is 5.94.